The van der Waals surface area contributed by atoms with Gasteiger partial charge < -0.3 is 10.5 Å². The topological polar surface area (TPSA) is 69.4 Å². The van der Waals surface area contributed by atoms with Crippen LogP contribution >= 0.6 is 0 Å². The van der Waals surface area contributed by atoms with Crippen molar-refractivity contribution in [2.75, 3.05) is 18.1 Å². The van der Waals surface area contributed by atoms with Crippen molar-refractivity contribution >= 4 is 15.5 Å². The van der Waals surface area contributed by atoms with Crippen LogP contribution in [-0.2, 0) is 14.6 Å². The third-order valence-electron chi connectivity index (χ3n) is 2.92. The van der Waals surface area contributed by atoms with Crippen molar-refractivity contribution in [3.63, 3.8) is 0 Å². The van der Waals surface area contributed by atoms with Gasteiger partial charge in [0.1, 0.15) is 0 Å². The molecule has 0 aromatic heterocycles. The first-order valence-electron chi connectivity index (χ1n) is 5.78. The van der Waals surface area contributed by atoms with Gasteiger partial charge in [-0.05, 0) is 43.5 Å². The molecule has 2 rings (SSSR count). The summed E-state index contributed by atoms with van der Waals surface area (Å²) >= 11 is 0. The molecule has 1 fully saturated rings. The van der Waals surface area contributed by atoms with E-state index in [1.807, 2.05) is 0 Å². The minimum Gasteiger partial charge on any atom is -0.399 e. The van der Waals surface area contributed by atoms with E-state index in [2.05, 4.69) is 0 Å². The number of anilines is 1. The van der Waals surface area contributed by atoms with Crippen molar-refractivity contribution in [3.8, 4) is 0 Å². The minimum absolute atomic E-state index is 0.0664. The third-order valence-corrected chi connectivity index (χ3v) is 4.72. The molecule has 1 aliphatic rings. The molecule has 94 valence electrons. The van der Waals surface area contributed by atoms with Gasteiger partial charge in [-0.2, -0.15) is 0 Å². The molecular formula is C12H17NO3S. The molecule has 1 aromatic rings. The first-order chi connectivity index (χ1) is 8.08. The second kappa shape index (κ2) is 5.06. The standard InChI is InChI=1S/C12H17NO3S/c13-10-4-6-12(7-5-10)17(14,15)9-11-3-1-2-8-16-11/h4-7,11H,1-3,8-9,13H2. The minimum atomic E-state index is -3.26. The quantitative estimate of drug-likeness (QED) is 0.833. The SMILES string of the molecule is Nc1ccc(S(=O)(=O)CC2CCCCO2)cc1. The highest BCUT2D eigenvalue weighted by atomic mass is 32.2. The summed E-state index contributed by atoms with van der Waals surface area (Å²) in [5.74, 6) is 0.0664. The largest absolute Gasteiger partial charge is 0.399 e. The Hall–Kier alpha value is -1.07. The van der Waals surface area contributed by atoms with Gasteiger partial charge in [0, 0.05) is 12.3 Å². The zero-order valence-electron chi connectivity index (χ0n) is 9.63. The summed E-state index contributed by atoms with van der Waals surface area (Å²) in [5.41, 5.74) is 6.10. The van der Waals surface area contributed by atoms with Gasteiger partial charge in [0.15, 0.2) is 9.84 Å². The Balaban J connectivity index is 2.10. The van der Waals surface area contributed by atoms with Crippen LogP contribution in [0.5, 0.6) is 0 Å². The van der Waals surface area contributed by atoms with Crippen molar-refractivity contribution in [2.24, 2.45) is 0 Å². The normalized spacial score (nSPS) is 21.3. The number of hydrogen-bond donors (Lipinski definition) is 1. The maximum absolute atomic E-state index is 12.1. The number of nitrogen functional groups attached to an aromatic ring is 1. The molecule has 17 heavy (non-hydrogen) atoms. The molecule has 5 heteroatoms. The van der Waals surface area contributed by atoms with Gasteiger partial charge in [0.05, 0.1) is 16.8 Å². The van der Waals surface area contributed by atoms with Crippen LogP contribution in [0, 0.1) is 0 Å². The molecule has 0 radical (unpaired) electrons. The lowest BCUT2D eigenvalue weighted by molar-refractivity contribution is 0.0305. The van der Waals surface area contributed by atoms with Crippen molar-refractivity contribution in [3.05, 3.63) is 24.3 Å². The molecule has 0 spiro atoms. The molecule has 2 N–H and O–H groups in total. The lowest BCUT2D eigenvalue weighted by Gasteiger charge is -2.22. The van der Waals surface area contributed by atoms with Crippen LogP contribution in [0.2, 0.25) is 0 Å². The Morgan fingerprint density at radius 1 is 1.24 bits per heavy atom. The van der Waals surface area contributed by atoms with Crippen molar-refractivity contribution in [2.45, 2.75) is 30.3 Å². The molecule has 0 bridgehead atoms. The Morgan fingerprint density at radius 3 is 2.53 bits per heavy atom. The van der Waals surface area contributed by atoms with Crippen LogP contribution in [0.1, 0.15) is 19.3 Å². The predicted octanol–water partition coefficient (Wildman–Crippen LogP) is 1.61. The predicted molar refractivity (Wildman–Crippen MR) is 66.5 cm³/mol. The van der Waals surface area contributed by atoms with Crippen molar-refractivity contribution in [1.82, 2.24) is 0 Å². The van der Waals surface area contributed by atoms with E-state index in [0.29, 0.717) is 17.2 Å². The first-order valence-corrected chi connectivity index (χ1v) is 7.43. The van der Waals surface area contributed by atoms with E-state index < -0.39 is 9.84 Å². The highest BCUT2D eigenvalue weighted by molar-refractivity contribution is 7.91. The molecule has 1 aliphatic heterocycles. The summed E-state index contributed by atoms with van der Waals surface area (Å²) in [6.07, 6.45) is 2.74. The van der Waals surface area contributed by atoms with E-state index in [4.69, 9.17) is 10.5 Å². The third kappa shape index (κ3) is 3.20. The van der Waals surface area contributed by atoms with Gasteiger partial charge >= 0.3 is 0 Å². The molecular weight excluding hydrogens is 238 g/mol. The van der Waals surface area contributed by atoms with Crippen LogP contribution < -0.4 is 5.73 Å². The second-order valence-corrected chi connectivity index (χ2v) is 6.37. The number of ether oxygens (including phenoxy) is 1. The van der Waals surface area contributed by atoms with Crippen LogP contribution in [0.3, 0.4) is 0 Å². The fourth-order valence-corrected chi connectivity index (χ4v) is 3.45. The zero-order chi connectivity index (χ0) is 12.3. The van der Waals surface area contributed by atoms with E-state index >= 15 is 0 Å². The Kier molecular flexibility index (Phi) is 3.69. The molecule has 4 nitrogen and oxygen atoms in total. The molecule has 1 heterocycles. The maximum Gasteiger partial charge on any atom is 0.180 e. The molecule has 0 saturated carbocycles. The first kappa shape index (κ1) is 12.4. The number of nitrogens with two attached hydrogens (primary N) is 1. The van der Waals surface area contributed by atoms with Gasteiger partial charge in [-0.25, -0.2) is 8.42 Å². The number of rotatable bonds is 3. The monoisotopic (exact) mass is 255 g/mol. The lowest BCUT2D eigenvalue weighted by atomic mass is 10.1. The fourth-order valence-electron chi connectivity index (χ4n) is 1.95. The maximum atomic E-state index is 12.1. The number of benzene rings is 1. The van der Waals surface area contributed by atoms with E-state index in [-0.39, 0.29) is 11.9 Å². The van der Waals surface area contributed by atoms with E-state index in [9.17, 15) is 8.42 Å². The second-order valence-electron chi connectivity index (χ2n) is 4.34. The zero-order valence-corrected chi connectivity index (χ0v) is 10.4. The smallest absolute Gasteiger partial charge is 0.180 e. The highest BCUT2D eigenvalue weighted by Crippen LogP contribution is 2.19. The molecule has 1 aromatic carbocycles. The molecule has 0 aliphatic carbocycles. The summed E-state index contributed by atoms with van der Waals surface area (Å²) in [6, 6.07) is 6.31. The summed E-state index contributed by atoms with van der Waals surface area (Å²) in [6.45, 7) is 0.669. The van der Waals surface area contributed by atoms with Crippen molar-refractivity contribution < 1.29 is 13.2 Å². The molecule has 1 saturated heterocycles. The van der Waals surface area contributed by atoms with Crippen molar-refractivity contribution in [1.29, 1.82) is 0 Å². The molecule has 1 unspecified atom stereocenters. The van der Waals surface area contributed by atoms with Gasteiger partial charge in [-0.1, -0.05) is 0 Å². The van der Waals surface area contributed by atoms with Crippen LogP contribution in [0.15, 0.2) is 29.2 Å². The van der Waals surface area contributed by atoms with Gasteiger partial charge in [0.2, 0.25) is 0 Å². The van der Waals surface area contributed by atoms with Gasteiger partial charge in [0.25, 0.3) is 0 Å². The molecule has 1 atom stereocenters. The number of hydrogen-bond acceptors (Lipinski definition) is 4. The van der Waals surface area contributed by atoms with Crippen LogP contribution in [0.4, 0.5) is 5.69 Å². The summed E-state index contributed by atoms with van der Waals surface area (Å²) in [5, 5.41) is 0. The Labute approximate surface area is 102 Å². The molecule has 0 amide bonds. The lowest BCUT2D eigenvalue weighted by Crippen LogP contribution is -2.27. The van der Waals surface area contributed by atoms with E-state index in [1.165, 1.54) is 0 Å². The average molecular weight is 255 g/mol. The summed E-state index contributed by atoms with van der Waals surface area (Å²) in [4.78, 5) is 0.320. The average Bonchev–Trinajstić information content (AvgIpc) is 2.30. The Bertz CT molecular complexity index is 461. The summed E-state index contributed by atoms with van der Waals surface area (Å²) in [7, 11) is -3.26. The fraction of sp³-hybridized carbons (Fsp3) is 0.500. The van der Waals surface area contributed by atoms with E-state index in [1.54, 1.807) is 24.3 Å². The Morgan fingerprint density at radius 2 is 1.94 bits per heavy atom. The highest BCUT2D eigenvalue weighted by Gasteiger charge is 2.23. The van der Waals surface area contributed by atoms with Gasteiger partial charge in [-0.15, -0.1) is 0 Å². The number of sulfone groups is 1. The van der Waals surface area contributed by atoms with Crippen LogP contribution in [0.25, 0.3) is 0 Å². The van der Waals surface area contributed by atoms with E-state index in [0.717, 1.165) is 19.3 Å². The van der Waals surface area contributed by atoms with Gasteiger partial charge in [-0.3, -0.25) is 0 Å². The van der Waals surface area contributed by atoms with Crippen LogP contribution in [-0.4, -0.2) is 26.9 Å². The summed E-state index contributed by atoms with van der Waals surface area (Å²) < 4.78 is 29.6.